The minimum absolute atomic E-state index is 0.134. The molecular formula is C9H18AlNO. The van der Waals surface area contributed by atoms with E-state index in [1.807, 2.05) is 0 Å². The molecule has 2 N–H and O–H groups in total. The summed E-state index contributed by atoms with van der Waals surface area (Å²) in [5.41, 5.74) is 5.97. The van der Waals surface area contributed by atoms with Crippen LogP contribution in [0.4, 0.5) is 0 Å². The third-order valence-electron chi connectivity index (χ3n) is 2.48. The second kappa shape index (κ2) is 5.14. The SMILES string of the molecule is [CH2]=[Al][CH]1OCC(CCC)C[C@@H]1N. The molecular weight excluding hydrogens is 165 g/mol. The first-order valence-corrected chi connectivity index (χ1v) is 6.26. The van der Waals surface area contributed by atoms with Gasteiger partial charge in [0.15, 0.2) is 0 Å². The van der Waals surface area contributed by atoms with Crippen LogP contribution in [-0.4, -0.2) is 37.8 Å². The van der Waals surface area contributed by atoms with E-state index in [4.69, 9.17) is 10.5 Å². The van der Waals surface area contributed by atoms with Crippen molar-refractivity contribution in [3.63, 3.8) is 0 Å². The molecule has 1 saturated heterocycles. The molecule has 3 atom stereocenters. The third kappa shape index (κ3) is 2.67. The molecule has 1 aliphatic heterocycles. The van der Waals surface area contributed by atoms with Crippen LogP contribution in [0.15, 0.2) is 0 Å². The van der Waals surface area contributed by atoms with E-state index in [1.54, 1.807) is 0 Å². The van der Waals surface area contributed by atoms with Crippen LogP contribution in [0.1, 0.15) is 26.2 Å². The predicted molar refractivity (Wildman–Crippen MR) is 53.6 cm³/mol. The number of hydrogen-bond acceptors (Lipinski definition) is 2. The summed E-state index contributed by atoms with van der Waals surface area (Å²) in [7, 11) is 0. The van der Waals surface area contributed by atoms with Gasteiger partial charge in [0.25, 0.3) is 0 Å². The van der Waals surface area contributed by atoms with Gasteiger partial charge in [0.2, 0.25) is 0 Å². The first-order valence-electron chi connectivity index (χ1n) is 4.77. The van der Waals surface area contributed by atoms with Crippen LogP contribution >= 0.6 is 0 Å². The Labute approximate surface area is 80.7 Å². The molecule has 1 heterocycles. The van der Waals surface area contributed by atoms with E-state index in [0.29, 0.717) is 5.92 Å². The van der Waals surface area contributed by atoms with E-state index < -0.39 is 0 Å². The summed E-state index contributed by atoms with van der Waals surface area (Å²) in [6.07, 6.45) is 3.64. The molecule has 0 spiro atoms. The molecule has 0 aromatic carbocycles. The van der Waals surface area contributed by atoms with Gasteiger partial charge >= 0.3 is 80.4 Å². The van der Waals surface area contributed by atoms with Crippen LogP contribution < -0.4 is 5.73 Å². The number of nitrogens with two attached hydrogens (primary N) is 1. The first kappa shape index (κ1) is 10.4. The maximum atomic E-state index is 5.97. The molecule has 1 fully saturated rings. The molecule has 0 amide bonds. The molecule has 2 nitrogen and oxygen atoms in total. The van der Waals surface area contributed by atoms with Gasteiger partial charge in [-0.25, -0.2) is 0 Å². The van der Waals surface area contributed by atoms with E-state index in [0.717, 1.165) is 13.0 Å². The molecule has 1 rings (SSSR count). The summed E-state index contributed by atoms with van der Waals surface area (Å²) < 4.78 is 5.65. The van der Waals surface area contributed by atoms with Gasteiger partial charge in [-0.2, -0.15) is 0 Å². The molecule has 68 valence electrons. The summed E-state index contributed by atoms with van der Waals surface area (Å²) in [5, 5.41) is 3.91. The number of ether oxygens (including phenoxy) is 1. The quantitative estimate of drug-likeness (QED) is 0.651. The molecule has 0 saturated carbocycles. The van der Waals surface area contributed by atoms with E-state index in [2.05, 4.69) is 12.3 Å². The van der Waals surface area contributed by atoms with Crippen LogP contribution in [0.5, 0.6) is 0 Å². The van der Waals surface area contributed by atoms with Crippen LogP contribution in [0.2, 0.25) is 0 Å². The van der Waals surface area contributed by atoms with Gasteiger partial charge in [-0.1, -0.05) is 0 Å². The van der Waals surface area contributed by atoms with Crippen LogP contribution in [0.3, 0.4) is 0 Å². The topological polar surface area (TPSA) is 35.2 Å². The maximum absolute atomic E-state index is 5.97. The van der Waals surface area contributed by atoms with Crippen molar-refractivity contribution in [1.82, 2.24) is 0 Å². The van der Waals surface area contributed by atoms with Crippen molar-refractivity contribution in [2.24, 2.45) is 11.7 Å². The Morgan fingerprint density at radius 3 is 2.92 bits per heavy atom. The minimum atomic E-state index is 0.134. The van der Waals surface area contributed by atoms with Crippen LogP contribution in [0.25, 0.3) is 0 Å². The van der Waals surface area contributed by atoms with Crippen molar-refractivity contribution < 1.29 is 4.74 Å². The molecule has 1 aliphatic rings. The Morgan fingerprint density at radius 2 is 2.42 bits per heavy atom. The van der Waals surface area contributed by atoms with Crippen molar-refractivity contribution in [1.29, 1.82) is 0 Å². The van der Waals surface area contributed by atoms with Gasteiger partial charge in [0, 0.05) is 0 Å². The molecule has 2 unspecified atom stereocenters. The van der Waals surface area contributed by atoms with Crippen molar-refractivity contribution in [3.05, 3.63) is 0 Å². The summed E-state index contributed by atoms with van der Waals surface area (Å²) in [4.78, 5) is 0.290. The molecule has 3 heteroatoms. The molecule has 0 aromatic rings. The zero-order valence-electron chi connectivity index (χ0n) is 7.83. The van der Waals surface area contributed by atoms with Gasteiger partial charge in [0.05, 0.1) is 0 Å². The van der Waals surface area contributed by atoms with E-state index in [-0.39, 0.29) is 25.8 Å². The summed E-state index contributed by atoms with van der Waals surface area (Å²) >= 11 is 0.134. The first-order chi connectivity index (χ1) is 5.77. The average molecular weight is 183 g/mol. The molecule has 0 radical (unpaired) electrons. The Bertz CT molecular complexity index is 151. The summed E-state index contributed by atoms with van der Waals surface area (Å²) in [6, 6.07) is 0.253. The summed E-state index contributed by atoms with van der Waals surface area (Å²) in [6.45, 7) is 3.12. The Balaban J connectivity index is 2.35. The molecule has 0 aromatic heterocycles. The zero-order chi connectivity index (χ0) is 8.97. The van der Waals surface area contributed by atoms with Gasteiger partial charge in [-0.15, -0.1) is 0 Å². The Morgan fingerprint density at radius 1 is 1.67 bits per heavy atom. The summed E-state index contributed by atoms with van der Waals surface area (Å²) in [5.74, 6) is 0.701. The fourth-order valence-corrected chi connectivity index (χ4v) is 2.56. The second-order valence-corrected chi connectivity index (χ2v) is 4.72. The molecule has 0 aliphatic carbocycles. The van der Waals surface area contributed by atoms with Gasteiger partial charge in [-0.05, 0) is 0 Å². The monoisotopic (exact) mass is 183 g/mol. The zero-order valence-corrected chi connectivity index (χ0v) is 8.99. The Kier molecular flexibility index (Phi) is 4.46. The average Bonchev–Trinajstić information content (AvgIpc) is 2.05. The van der Waals surface area contributed by atoms with Crippen molar-refractivity contribution in [3.8, 4) is 0 Å². The Hall–Kier alpha value is 0.322. The van der Waals surface area contributed by atoms with E-state index in [9.17, 15) is 0 Å². The fourth-order valence-electron chi connectivity index (χ4n) is 1.81. The van der Waals surface area contributed by atoms with Gasteiger partial charge < -0.3 is 0 Å². The predicted octanol–water partition coefficient (Wildman–Crippen LogP) is 0.613. The van der Waals surface area contributed by atoms with Crippen molar-refractivity contribution in [2.45, 2.75) is 37.2 Å². The standard InChI is InChI=1S/C8H16NO.CH2.Al/c1-2-3-7-4-8(9)6-10-5-7;;/h6-8H,2-5,9H2,1H3;1H2;/t7?,8-;;/m0../s1. The second-order valence-electron chi connectivity index (χ2n) is 3.59. The van der Waals surface area contributed by atoms with Crippen molar-refractivity contribution in [2.75, 3.05) is 6.61 Å². The third-order valence-corrected chi connectivity index (χ3v) is 3.63. The normalized spacial score (nSPS) is 36.0. The fraction of sp³-hybridized carbons (Fsp3) is 0.889. The molecule has 0 bridgehead atoms. The van der Waals surface area contributed by atoms with Crippen molar-refractivity contribution >= 4 is 20.2 Å². The van der Waals surface area contributed by atoms with Gasteiger partial charge in [-0.3, -0.25) is 0 Å². The van der Waals surface area contributed by atoms with E-state index in [1.165, 1.54) is 12.8 Å². The van der Waals surface area contributed by atoms with Crippen LogP contribution in [-0.2, 0) is 4.74 Å². The molecule has 12 heavy (non-hydrogen) atoms. The van der Waals surface area contributed by atoms with Gasteiger partial charge in [0.1, 0.15) is 0 Å². The van der Waals surface area contributed by atoms with E-state index >= 15 is 0 Å². The van der Waals surface area contributed by atoms with Crippen LogP contribution in [0, 0.1) is 5.92 Å². The number of hydrogen-bond donors (Lipinski definition) is 1. The number of rotatable bonds is 3.